The fraction of sp³-hybridized carbons (Fsp3) is 0.500. The molecule has 1 nitrogen and oxygen atoms in total. The van der Waals surface area contributed by atoms with Gasteiger partial charge >= 0.3 is 0 Å². The average molecular weight is 174 g/mol. The quantitative estimate of drug-likeness (QED) is 0.602. The zero-order valence-corrected chi connectivity index (χ0v) is 7.72. The first-order valence-corrected chi connectivity index (χ1v) is 5.03. The van der Waals surface area contributed by atoms with Crippen LogP contribution in [0.25, 0.3) is 0 Å². The van der Waals surface area contributed by atoms with Gasteiger partial charge in [-0.2, -0.15) is 0 Å². The maximum absolute atomic E-state index is 9.60. The Balaban J connectivity index is 2.02. The molecule has 0 aromatic heterocycles. The Morgan fingerprint density at radius 3 is 2.62 bits per heavy atom. The third-order valence-electron chi connectivity index (χ3n) is 3.65. The van der Waals surface area contributed by atoms with E-state index >= 15 is 0 Å². The highest BCUT2D eigenvalue weighted by Gasteiger charge is 2.44. The van der Waals surface area contributed by atoms with Crippen LogP contribution in [-0.2, 0) is 0 Å². The van der Waals surface area contributed by atoms with Crippen LogP contribution >= 0.6 is 0 Å². The van der Waals surface area contributed by atoms with Gasteiger partial charge in [0.2, 0.25) is 0 Å². The first kappa shape index (κ1) is 7.57. The number of aliphatic hydroxyl groups excluding tert-OH is 1. The third kappa shape index (κ3) is 0.856. The Bertz CT molecular complexity index is 322. The van der Waals surface area contributed by atoms with Crippen molar-refractivity contribution in [1.82, 2.24) is 0 Å². The van der Waals surface area contributed by atoms with Gasteiger partial charge in [-0.1, -0.05) is 30.4 Å². The molecule has 0 spiro atoms. The molecule has 0 heterocycles. The number of hydrogen-bond donors (Lipinski definition) is 1. The van der Waals surface area contributed by atoms with Gasteiger partial charge in [0.25, 0.3) is 0 Å². The fourth-order valence-electron chi connectivity index (χ4n) is 3.07. The lowest BCUT2D eigenvalue weighted by molar-refractivity contribution is 0.217. The molecule has 0 fully saturated rings. The normalized spacial score (nSPS) is 46.8. The molecule has 3 aliphatic carbocycles. The molecule has 13 heavy (non-hydrogen) atoms. The lowest BCUT2D eigenvalue weighted by atomic mass is 9.86. The number of rotatable bonds is 1. The third-order valence-corrected chi connectivity index (χ3v) is 3.65. The molecular weight excluding hydrogens is 160 g/mol. The Hall–Kier alpha value is -0.820. The summed E-state index contributed by atoms with van der Waals surface area (Å²) in [4.78, 5) is 0. The molecule has 0 aromatic rings. The summed E-state index contributed by atoms with van der Waals surface area (Å²) in [7, 11) is 0. The highest BCUT2D eigenvalue weighted by molar-refractivity contribution is 5.38. The van der Waals surface area contributed by atoms with Crippen LogP contribution in [0.4, 0.5) is 0 Å². The van der Waals surface area contributed by atoms with Crippen LogP contribution in [0.3, 0.4) is 0 Å². The van der Waals surface area contributed by atoms with Crippen molar-refractivity contribution in [3.63, 3.8) is 0 Å². The molecule has 0 saturated carbocycles. The van der Waals surface area contributed by atoms with Crippen LogP contribution in [0.15, 0.2) is 36.0 Å². The second kappa shape index (κ2) is 2.36. The molecule has 0 bridgehead atoms. The first-order valence-electron chi connectivity index (χ1n) is 5.03. The van der Waals surface area contributed by atoms with E-state index in [0.29, 0.717) is 23.7 Å². The summed E-state index contributed by atoms with van der Waals surface area (Å²) in [6.07, 6.45) is 11.2. The predicted octanol–water partition coefficient (Wildman–Crippen LogP) is 1.91. The van der Waals surface area contributed by atoms with Crippen LogP contribution in [0.2, 0.25) is 0 Å². The molecule has 0 aromatic carbocycles. The summed E-state index contributed by atoms with van der Waals surface area (Å²) in [6, 6.07) is 0. The SMILES string of the molecule is CC(O)C1=CC2C=CC3C=CC1C32. The van der Waals surface area contributed by atoms with E-state index in [9.17, 15) is 5.11 Å². The topological polar surface area (TPSA) is 20.2 Å². The highest BCUT2D eigenvalue weighted by Crippen LogP contribution is 2.51. The zero-order chi connectivity index (χ0) is 9.00. The van der Waals surface area contributed by atoms with Crippen molar-refractivity contribution < 1.29 is 5.11 Å². The van der Waals surface area contributed by atoms with E-state index < -0.39 is 0 Å². The van der Waals surface area contributed by atoms with Crippen LogP contribution < -0.4 is 0 Å². The molecule has 68 valence electrons. The lowest BCUT2D eigenvalue weighted by Gasteiger charge is -2.18. The van der Waals surface area contributed by atoms with Gasteiger partial charge in [-0.25, -0.2) is 0 Å². The molecule has 0 saturated heterocycles. The molecule has 0 radical (unpaired) electrons. The van der Waals surface area contributed by atoms with Crippen molar-refractivity contribution in [3.8, 4) is 0 Å². The van der Waals surface area contributed by atoms with Gasteiger partial charge in [-0.3, -0.25) is 0 Å². The van der Waals surface area contributed by atoms with Gasteiger partial charge in [-0.15, -0.1) is 0 Å². The maximum Gasteiger partial charge on any atom is 0.0728 e. The van der Waals surface area contributed by atoms with Gasteiger partial charge in [-0.05, 0) is 30.3 Å². The second-order valence-electron chi connectivity index (χ2n) is 4.37. The molecule has 1 heteroatoms. The van der Waals surface area contributed by atoms with E-state index in [2.05, 4.69) is 30.4 Å². The Morgan fingerprint density at radius 2 is 1.85 bits per heavy atom. The smallest absolute Gasteiger partial charge is 0.0728 e. The number of allylic oxidation sites excluding steroid dienone is 5. The summed E-state index contributed by atoms with van der Waals surface area (Å²) < 4.78 is 0. The average Bonchev–Trinajstić information content (AvgIpc) is 2.72. The largest absolute Gasteiger partial charge is 0.389 e. The van der Waals surface area contributed by atoms with Gasteiger partial charge in [0.05, 0.1) is 6.10 Å². The monoisotopic (exact) mass is 174 g/mol. The molecule has 5 atom stereocenters. The summed E-state index contributed by atoms with van der Waals surface area (Å²) >= 11 is 0. The minimum atomic E-state index is -0.271. The Kier molecular flexibility index (Phi) is 1.37. The van der Waals surface area contributed by atoms with Crippen LogP contribution in [0.1, 0.15) is 6.92 Å². The summed E-state index contributed by atoms with van der Waals surface area (Å²) in [5.74, 6) is 2.46. The maximum atomic E-state index is 9.60. The van der Waals surface area contributed by atoms with E-state index in [1.54, 1.807) is 0 Å². The van der Waals surface area contributed by atoms with Crippen LogP contribution in [-0.4, -0.2) is 11.2 Å². The molecule has 0 aliphatic heterocycles. The second-order valence-corrected chi connectivity index (χ2v) is 4.37. The van der Waals surface area contributed by atoms with Gasteiger partial charge in [0.1, 0.15) is 0 Å². The van der Waals surface area contributed by atoms with Crippen molar-refractivity contribution in [1.29, 1.82) is 0 Å². The van der Waals surface area contributed by atoms with Crippen molar-refractivity contribution in [3.05, 3.63) is 36.0 Å². The van der Waals surface area contributed by atoms with E-state index in [1.807, 2.05) is 6.92 Å². The number of aliphatic hydroxyl groups is 1. The lowest BCUT2D eigenvalue weighted by Crippen LogP contribution is -2.16. The predicted molar refractivity (Wildman–Crippen MR) is 52.0 cm³/mol. The van der Waals surface area contributed by atoms with E-state index in [1.165, 1.54) is 5.57 Å². The summed E-state index contributed by atoms with van der Waals surface area (Å²) in [5.41, 5.74) is 1.23. The summed E-state index contributed by atoms with van der Waals surface area (Å²) in [6.45, 7) is 1.87. The molecule has 3 rings (SSSR count). The van der Waals surface area contributed by atoms with Crippen LogP contribution in [0.5, 0.6) is 0 Å². The van der Waals surface area contributed by atoms with Crippen molar-refractivity contribution in [2.75, 3.05) is 0 Å². The van der Waals surface area contributed by atoms with E-state index in [0.717, 1.165) is 0 Å². The number of hydrogen-bond acceptors (Lipinski definition) is 1. The highest BCUT2D eigenvalue weighted by atomic mass is 16.3. The molecule has 5 unspecified atom stereocenters. The Labute approximate surface area is 78.5 Å². The van der Waals surface area contributed by atoms with E-state index in [-0.39, 0.29) is 6.10 Å². The zero-order valence-electron chi connectivity index (χ0n) is 7.72. The molecule has 1 N–H and O–H groups in total. The molecular formula is C12H14O. The van der Waals surface area contributed by atoms with E-state index in [4.69, 9.17) is 0 Å². The minimum absolute atomic E-state index is 0.271. The van der Waals surface area contributed by atoms with Crippen molar-refractivity contribution >= 4 is 0 Å². The van der Waals surface area contributed by atoms with Gasteiger partial charge in [0, 0.05) is 5.92 Å². The minimum Gasteiger partial charge on any atom is -0.389 e. The van der Waals surface area contributed by atoms with Gasteiger partial charge < -0.3 is 5.11 Å². The first-order chi connectivity index (χ1) is 6.27. The molecule has 3 aliphatic rings. The van der Waals surface area contributed by atoms with Crippen molar-refractivity contribution in [2.45, 2.75) is 13.0 Å². The fourth-order valence-corrected chi connectivity index (χ4v) is 3.07. The standard InChI is InChI=1S/C12H14O/c1-7(13)11-6-9-3-2-8-4-5-10(11)12(8)9/h2-10,12-13H,1H3. The Morgan fingerprint density at radius 1 is 1.15 bits per heavy atom. The van der Waals surface area contributed by atoms with Gasteiger partial charge in [0.15, 0.2) is 0 Å². The van der Waals surface area contributed by atoms with Crippen molar-refractivity contribution in [2.24, 2.45) is 23.7 Å². The summed E-state index contributed by atoms with van der Waals surface area (Å²) in [5, 5.41) is 9.60. The van der Waals surface area contributed by atoms with Crippen LogP contribution in [0, 0.1) is 23.7 Å². The molecule has 0 amide bonds.